The Morgan fingerprint density at radius 1 is 1.00 bits per heavy atom. The van der Waals surface area contributed by atoms with E-state index in [-0.39, 0.29) is 55.8 Å². The molecule has 3 aliphatic heterocycles. The summed E-state index contributed by atoms with van der Waals surface area (Å²) in [7, 11) is 5.25. The maximum absolute atomic E-state index is 16.3. The number of fused-ring (bicyclic) bond motifs is 2. The zero-order chi connectivity index (χ0) is 46.0. The highest BCUT2D eigenvalue weighted by atomic mass is 19.3. The minimum absolute atomic E-state index is 0.0470. The summed E-state index contributed by atoms with van der Waals surface area (Å²) >= 11 is 0. The molecule has 1 aliphatic carbocycles. The third-order valence-electron chi connectivity index (χ3n) is 13.6. The van der Waals surface area contributed by atoms with Crippen LogP contribution < -0.4 is 19.9 Å². The predicted molar refractivity (Wildman–Crippen MR) is 240 cm³/mol. The van der Waals surface area contributed by atoms with E-state index in [1.807, 2.05) is 67.4 Å². The highest BCUT2D eigenvalue weighted by Gasteiger charge is 2.63. The van der Waals surface area contributed by atoms with Crippen molar-refractivity contribution in [3.63, 3.8) is 0 Å². The van der Waals surface area contributed by atoms with Crippen LogP contribution in [0.5, 0.6) is 5.75 Å². The van der Waals surface area contributed by atoms with Gasteiger partial charge in [0.25, 0.3) is 11.8 Å². The number of hydrogen-bond acceptors (Lipinski definition) is 11. The number of methoxy groups -OCH3 is 2. The van der Waals surface area contributed by atoms with Gasteiger partial charge in [0.2, 0.25) is 0 Å². The number of piperidine rings is 1. The van der Waals surface area contributed by atoms with Crippen LogP contribution in [0.15, 0.2) is 67.0 Å². The summed E-state index contributed by atoms with van der Waals surface area (Å²) < 4.78 is 65.6. The van der Waals surface area contributed by atoms with Gasteiger partial charge < -0.3 is 34.2 Å². The van der Waals surface area contributed by atoms with Crippen molar-refractivity contribution < 1.29 is 37.0 Å². The van der Waals surface area contributed by atoms with E-state index >= 15 is 13.2 Å². The number of benzene rings is 2. The molecule has 9 rings (SSSR count). The van der Waals surface area contributed by atoms with Crippen molar-refractivity contribution in [2.75, 3.05) is 63.8 Å². The molecule has 2 saturated heterocycles. The lowest BCUT2D eigenvalue weighted by Crippen LogP contribution is -2.70. The standard InChI is InChI=1S/C48H56F3N9O5/c1-29(58-26-47(27-58)18-20-57(28-48(47,50)51)45(62)65-46(2,3)4)31-21-35(49)42(52-23-31)34-9-8-10-37-33(34)17-19-59(37)41-22-38(56(5)25-30-11-13-32(63-6)14-12-30)43-53-24-39(60(43)55-41)44(61)54-36-15-16-40(36)64-7/h8-14,21-24,29,36,40H,15-20,25-28H2,1-7H3,(H,54,61)/t29-,36-,40-/m1/s1. The van der Waals surface area contributed by atoms with E-state index in [2.05, 4.69) is 20.1 Å². The van der Waals surface area contributed by atoms with Gasteiger partial charge in [0, 0.05) is 76.4 Å². The normalized spacial score (nSPS) is 20.5. The highest BCUT2D eigenvalue weighted by molar-refractivity contribution is 5.94. The van der Waals surface area contributed by atoms with Crippen LogP contribution in [0.4, 0.5) is 35.2 Å². The molecule has 5 aromatic rings. The lowest BCUT2D eigenvalue weighted by molar-refractivity contribution is -0.227. The Morgan fingerprint density at radius 3 is 2.43 bits per heavy atom. The lowest BCUT2D eigenvalue weighted by atomic mass is 9.68. The first kappa shape index (κ1) is 44.3. The number of pyridine rings is 1. The number of anilines is 3. The predicted octanol–water partition coefficient (Wildman–Crippen LogP) is 7.82. The number of rotatable bonds is 11. The molecule has 4 aliphatic rings. The van der Waals surface area contributed by atoms with Crippen molar-refractivity contribution >= 4 is 34.8 Å². The molecular weight excluding hydrogens is 840 g/mol. The number of imidazole rings is 1. The molecule has 2 aromatic carbocycles. The van der Waals surface area contributed by atoms with Crippen molar-refractivity contribution in [2.24, 2.45) is 5.41 Å². The largest absolute Gasteiger partial charge is 0.497 e. The molecule has 2 amide bonds. The number of alkyl halides is 2. The van der Waals surface area contributed by atoms with Gasteiger partial charge in [-0.15, -0.1) is 5.10 Å². The monoisotopic (exact) mass is 895 g/mol. The van der Waals surface area contributed by atoms with E-state index in [1.165, 1.54) is 6.07 Å². The van der Waals surface area contributed by atoms with Gasteiger partial charge in [-0.3, -0.25) is 14.7 Å². The van der Waals surface area contributed by atoms with Crippen molar-refractivity contribution in [1.29, 1.82) is 0 Å². The summed E-state index contributed by atoms with van der Waals surface area (Å²) in [5.41, 5.74) is 3.73. The number of halogens is 3. The highest BCUT2D eigenvalue weighted by Crippen LogP contribution is 2.52. The summed E-state index contributed by atoms with van der Waals surface area (Å²) in [5, 5.41) is 8.13. The molecule has 14 nitrogen and oxygen atoms in total. The van der Waals surface area contributed by atoms with Gasteiger partial charge in [-0.2, -0.15) is 0 Å². The molecule has 3 atom stereocenters. The number of ether oxygens (including phenoxy) is 3. The smallest absolute Gasteiger partial charge is 0.410 e. The van der Waals surface area contributed by atoms with Gasteiger partial charge in [0.15, 0.2) is 17.2 Å². The minimum atomic E-state index is -3.11. The molecule has 17 heteroatoms. The van der Waals surface area contributed by atoms with Crippen LogP contribution in [0.1, 0.15) is 80.2 Å². The number of likely N-dealkylation sites (tertiary alicyclic amines) is 2. The number of hydrogen-bond donors (Lipinski definition) is 1. The number of nitrogens with zero attached hydrogens (tertiary/aromatic N) is 8. The fourth-order valence-electron chi connectivity index (χ4n) is 9.64. The maximum atomic E-state index is 16.3. The first-order valence-corrected chi connectivity index (χ1v) is 22.2. The van der Waals surface area contributed by atoms with Crippen LogP contribution >= 0.6 is 0 Å². The van der Waals surface area contributed by atoms with E-state index in [9.17, 15) is 9.59 Å². The second-order valence-electron chi connectivity index (χ2n) is 18.9. The van der Waals surface area contributed by atoms with Crippen LogP contribution in [0.2, 0.25) is 0 Å². The fourth-order valence-corrected chi connectivity index (χ4v) is 9.64. The number of carbonyl (C=O) groups excluding carboxylic acids is 2. The van der Waals surface area contributed by atoms with E-state index in [0.29, 0.717) is 47.8 Å². The van der Waals surface area contributed by atoms with Gasteiger partial charge in [-0.25, -0.2) is 27.5 Å². The molecule has 1 spiro atoms. The Kier molecular flexibility index (Phi) is 11.4. The summed E-state index contributed by atoms with van der Waals surface area (Å²) in [6.45, 7) is 7.80. The van der Waals surface area contributed by atoms with Crippen LogP contribution in [0, 0.1) is 11.2 Å². The second-order valence-corrected chi connectivity index (χ2v) is 18.9. The summed E-state index contributed by atoms with van der Waals surface area (Å²) in [6, 6.07) is 16.5. The van der Waals surface area contributed by atoms with Crippen LogP contribution in [-0.4, -0.2) is 119 Å². The molecule has 3 fully saturated rings. The van der Waals surface area contributed by atoms with E-state index in [0.717, 1.165) is 46.0 Å². The second kappa shape index (κ2) is 16.8. The SMILES string of the molecule is COc1ccc(CN(C)c2cc(N3CCc4c(-c5ncc([C@@H](C)N6CC7(CCN(C(=O)OC(C)(C)C)CC7(F)F)C6)cc5F)cccc43)nn3c(C(=O)N[C@@H]4CC[C@H]4OC)cnc23)cc1. The molecule has 0 radical (unpaired) electrons. The van der Waals surface area contributed by atoms with Crippen molar-refractivity contribution in [3.8, 4) is 17.0 Å². The Bertz CT molecular complexity index is 2610. The fraction of sp³-hybridized carbons (Fsp3) is 0.479. The van der Waals surface area contributed by atoms with Crippen molar-refractivity contribution in [1.82, 2.24) is 34.7 Å². The lowest BCUT2D eigenvalue weighted by Gasteiger charge is -2.58. The zero-order valence-corrected chi connectivity index (χ0v) is 37.9. The van der Waals surface area contributed by atoms with Crippen LogP contribution in [0.3, 0.4) is 0 Å². The molecule has 65 heavy (non-hydrogen) atoms. The molecule has 1 N–H and O–H groups in total. The molecule has 1 saturated carbocycles. The van der Waals surface area contributed by atoms with Crippen LogP contribution in [-0.2, 0) is 22.4 Å². The summed E-state index contributed by atoms with van der Waals surface area (Å²) in [4.78, 5) is 42.9. The Balaban J connectivity index is 0.959. The Hall–Kier alpha value is -5.94. The number of carbonyl (C=O) groups is 2. The molecule has 6 heterocycles. The quantitative estimate of drug-likeness (QED) is 0.139. The van der Waals surface area contributed by atoms with E-state index in [4.69, 9.17) is 24.3 Å². The molecule has 3 aromatic heterocycles. The van der Waals surface area contributed by atoms with Gasteiger partial charge in [-0.05, 0) is 94.3 Å². The average molecular weight is 896 g/mol. The van der Waals surface area contributed by atoms with E-state index < -0.39 is 35.4 Å². The number of amides is 2. The summed E-state index contributed by atoms with van der Waals surface area (Å²) in [6.07, 6.45) is 4.81. The van der Waals surface area contributed by atoms with Gasteiger partial charge >= 0.3 is 6.09 Å². The third kappa shape index (κ3) is 8.21. The Labute approximate surface area is 376 Å². The van der Waals surface area contributed by atoms with Crippen LogP contribution in [0.25, 0.3) is 16.9 Å². The molecular formula is C48H56F3N9O5. The molecule has 0 unspecified atom stereocenters. The molecule has 0 bridgehead atoms. The molecule has 344 valence electrons. The summed E-state index contributed by atoms with van der Waals surface area (Å²) in [5.74, 6) is -2.57. The first-order chi connectivity index (χ1) is 31.0. The van der Waals surface area contributed by atoms with E-state index in [1.54, 1.807) is 51.9 Å². The van der Waals surface area contributed by atoms with Gasteiger partial charge in [-0.1, -0.05) is 24.3 Å². The minimum Gasteiger partial charge on any atom is -0.497 e. The van der Waals surface area contributed by atoms with Crippen molar-refractivity contribution in [3.05, 3.63) is 95.2 Å². The maximum Gasteiger partial charge on any atom is 0.410 e. The average Bonchev–Trinajstić information content (AvgIpc) is 3.88. The third-order valence-corrected chi connectivity index (χ3v) is 13.6. The zero-order valence-electron chi connectivity index (χ0n) is 37.9. The topological polar surface area (TPSA) is 130 Å². The first-order valence-electron chi connectivity index (χ1n) is 22.2. The number of aromatic nitrogens is 4. The number of nitrogens with one attached hydrogen (secondary N) is 1. The van der Waals surface area contributed by atoms with Gasteiger partial charge in [0.1, 0.15) is 22.9 Å². The Morgan fingerprint density at radius 2 is 1.77 bits per heavy atom. The van der Waals surface area contributed by atoms with Gasteiger partial charge in [0.05, 0.1) is 43.1 Å². The van der Waals surface area contributed by atoms with Crippen molar-refractivity contribution in [2.45, 2.75) is 89.6 Å².